The summed E-state index contributed by atoms with van der Waals surface area (Å²) in [5, 5.41) is 26.5. The molecule has 136 heavy (non-hydrogen) atoms. The maximum absolute atomic E-state index is 14.9. The van der Waals surface area contributed by atoms with Gasteiger partial charge in [0.2, 0.25) is 0 Å². The van der Waals surface area contributed by atoms with Gasteiger partial charge in [-0.25, -0.2) is 0 Å². The van der Waals surface area contributed by atoms with Crippen LogP contribution >= 0.6 is 0 Å². The second-order valence-electron chi connectivity index (χ2n) is 42.9. The molecule has 0 aromatic heterocycles. The molecule has 4 aromatic rings. The van der Waals surface area contributed by atoms with Crippen LogP contribution in [-0.4, -0.2) is 148 Å². The highest BCUT2D eigenvalue weighted by atomic mass is 16.5. The van der Waals surface area contributed by atoms with Crippen molar-refractivity contribution in [2.24, 2.45) is 47.3 Å². The minimum atomic E-state index is -0.807. The van der Waals surface area contributed by atoms with E-state index in [-0.39, 0.29) is 189 Å². The van der Waals surface area contributed by atoms with E-state index in [2.05, 4.69) is 97.9 Å². The second kappa shape index (κ2) is 51.8. The summed E-state index contributed by atoms with van der Waals surface area (Å²) in [7, 11) is 0. The van der Waals surface area contributed by atoms with E-state index >= 15 is 0 Å². The van der Waals surface area contributed by atoms with Gasteiger partial charge in [-0.1, -0.05) is 182 Å². The van der Waals surface area contributed by atoms with Crippen molar-refractivity contribution in [2.75, 3.05) is 52.9 Å². The van der Waals surface area contributed by atoms with Crippen LogP contribution in [0.1, 0.15) is 408 Å². The van der Waals surface area contributed by atoms with Crippen molar-refractivity contribution in [1.82, 2.24) is 42.5 Å². The Kier molecular flexibility index (Phi) is 39.8. The van der Waals surface area contributed by atoms with Crippen LogP contribution in [0.5, 0.6) is 46.0 Å². The fraction of sp³-hybridized carbons (Fsp3) is 0.714. The summed E-state index contributed by atoms with van der Waals surface area (Å²) >= 11 is 0. The number of hydrogen-bond donors (Lipinski definition) is 8. The third kappa shape index (κ3) is 29.6. The van der Waals surface area contributed by atoms with Gasteiger partial charge in [-0.3, -0.25) is 38.4 Å². The minimum absolute atomic E-state index is 0.142. The maximum Gasteiger partial charge on any atom is 0.258 e. The number of nitrogens with one attached hydrogen (secondary N) is 8. The van der Waals surface area contributed by atoms with E-state index in [1.54, 1.807) is 24.3 Å². The molecule has 8 atom stereocenters. The van der Waals surface area contributed by atoms with Crippen LogP contribution in [0.25, 0.3) is 0 Å². The zero-order chi connectivity index (χ0) is 96.3. The van der Waals surface area contributed by atoms with Gasteiger partial charge in [-0.15, -0.1) is 0 Å². The Hall–Kier alpha value is -8.96. The van der Waals surface area contributed by atoms with Crippen molar-refractivity contribution < 1.29 is 76.3 Å². The summed E-state index contributed by atoms with van der Waals surface area (Å²) in [5.74, 6) is -1.57. The van der Waals surface area contributed by atoms with E-state index in [4.69, 9.17) is 37.9 Å². The first-order valence-electron chi connectivity index (χ1n) is 53.8. The van der Waals surface area contributed by atoms with E-state index in [1.165, 1.54) is 0 Å². The Morgan fingerprint density at radius 2 is 0.294 bits per heavy atom. The number of fused-ring (bicyclic) bond motifs is 8. The van der Waals surface area contributed by atoms with Gasteiger partial charge in [0, 0.05) is 141 Å². The summed E-state index contributed by atoms with van der Waals surface area (Å²) in [4.78, 5) is 119. The standard InChI is InChI=1S/C112H168N8O16/c1-69-89-53-91(99(131-63-107(123)115-75(7)83-41-25-15-26-42-83)57-97(89)129-61-105(121)113-73(5)81-37-21-13-22-38-81)70(2)93-55-95(103(135-67-111(127)119-79(11)87-49-33-19-34-50-87)59-101(93)133-65-109(125)117-77(9)85-45-29-17-30-46-85)72(4)96-56-94(102(134-66-110(126)118-78(10)86-47-31-18-32-48-86)60-104(96)136-68-112(128)120-80(12)88-51-35-20-36-52-88)71(3)92-54-90(69)98(130-62-106(122)114-74(6)82-39-23-14-24-40-82)58-100(92)132-64-108(124)116-76(8)84-43-27-16-28-44-84/h53-60,69-88H,13-52,61-68H2,1-12H3,(H,113,121)(H,114,122)(H,115,123)(H,116,124)(H,117,125)(H,118,126)(H,119,127)(H,120,128). The first-order chi connectivity index (χ1) is 65.7. The molecule has 24 nitrogen and oxygen atoms in total. The molecule has 8 bridgehead atoms. The van der Waals surface area contributed by atoms with Crippen molar-refractivity contribution in [1.29, 1.82) is 0 Å². The smallest absolute Gasteiger partial charge is 0.258 e. The van der Waals surface area contributed by atoms with Gasteiger partial charge in [0.25, 0.3) is 47.3 Å². The van der Waals surface area contributed by atoms with Crippen molar-refractivity contribution in [3.05, 3.63) is 93.0 Å². The fourth-order valence-electron chi connectivity index (χ4n) is 24.3. The van der Waals surface area contributed by atoms with Crippen LogP contribution in [0, 0.1) is 47.3 Å². The molecule has 8 fully saturated rings. The molecule has 24 heteroatoms. The number of amides is 8. The van der Waals surface area contributed by atoms with Gasteiger partial charge in [0.05, 0.1) is 0 Å². The molecule has 752 valence electrons. The molecule has 9 aliphatic carbocycles. The number of ether oxygens (including phenoxy) is 8. The quantitative estimate of drug-likeness (QED) is 0.0205. The highest BCUT2D eigenvalue weighted by Crippen LogP contribution is 2.52. The predicted octanol–water partition coefficient (Wildman–Crippen LogP) is 20.3. The monoisotopic (exact) mass is 1880 g/mol. The van der Waals surface area contributed by atoms with Crippen LogP contribution < -0.4 is 80.4 Å². The number of carbonyl (C=O) groups is 8. The molecule has 0 spiro atoms. The largest absolute Gasteiger partial charge is 0.483 e. The summed E-state index contributed by atoms with van der Waals surface area (Å²) in [6, 6.07) is 14.0. The SMILES string of the molecule is CC1c2cc(c(OCC(=O)NC(C)C3CCCCC3)cc2OCC(=O)NC(C)C2CCCCC2)C(C)c2cc(c(OCC(=O)NC(C)C3CCCCC3)cc2OCC(=O)NC(C)C2CCCCC2)C(C)c2cc(c(OCC(=O)NC(C)C3CCCCC3)cc2OCC(=O)NC(C)C2CCCCC2)C(C)c2cc1c(OCC(=O)NC(C)C1CCCCC1)cc2OCC(=O)NC(C)C1CCCCC1. The fourth-order valence-corrected chi connectivity index (χ4v) is 24.3. The zero-order valence-corrected chi connectivity index (χ0v) is 84.6. The van der Waals surface area contributed by atoms with Gasteiger partial charge in [-0.2, -0.15) is 0 Å². The lowest BCUT2D eigenvalue weighted by atomic mass is 9.80. The van der Waals surface area contributed by atoms with Crippen LogP contribution in [-0.2, 0) is 38.4 Å². The van der Waals surface area contributed by atoms with E-state index in [1.807, 2.05) is 52.0 Å². The Balaban J connectivity index is 1.04. The molecule has 8 N–H and O–H groups in total. The normalized spacial score (nSPS) is 22.3. The average Bonchev–Trinajstić information content (AvgIpc) is 0.749. The van der Waals surface area contributed by atoms with Crippen LogP contribution in [0.15, 0.2) is 48.5 Å². The number of benzene rings is 4. The molecule has 13 rings (SSSR count). The lowest BCUT2D eigenvalue weighted by Gasteiger charge is -2.31. The van der Waals surface area contributed by atoms with Gasteiger partial charge in [-0.05, 0) is 230 Å². The Bertz CT molecular complexity index is 3740. The van der Waals surface area contributed by atoms with Gasteiger partial charge >= 0.3 is 0 Å². The third-order valence-electron chi connectivity index (χ3n) is 33.1. The van der Waals surface area contributed by atoms with Crippen LogP contribution in [0.3, 0.4) is 0 Å². The molecule has 0 aliphatic heterocycles. The van der Waals surface area contributed by atoms with Crippen molar-refractivity contribution >= 4 is 47.3 Å². The molecule has 9 aliphatic rings. The molecule has 8 unspecified atom stereocenters. The van der Waals surface area contributed by atoms with E-state index in [9.17, 15) is 38.4 Å². The van der Waals surface area contributed by atoms with Crippen LogP contribution in [0.2, 0.25) is 0 Å². The lowest BCUT2D eigenvalue weighted by molar-refractivity contribution is -0.125. The van der Waals surface area contributed by atoms with Crippen LogP contribution in [0.4, 0.5) is 0 Å². The van der Waals surface area contributed by atoms with E-state index < -0.39 is 76.5 Å². The summed E-state index contributed by atoms with van der Waals surface area (Å²) < 4.78 is 56.6. The lowest BCUT2D eigenvalue weighted by Crippen LogP contribution is -2.41. The molecule has 4 aromatic carbocycles. The zero-order valence-electron chi connectivity index (χ0n) is 84.6. The molecular formula is C112H168N8O16. The van der Waals surface area contributed by atoms with Gasteiger partial charge in [0.15, 0.2) is 52.9 Å². The van der Waals surface area contributed by atoms with Gasteiger partial charge < -0.3 is 80.4 Å². The maximum atomic E-state index is 14.9. The third-order valence-corrected chi connectivity index (χ3v) is 33.1. The predicted molar refractivity (Wildman–Crippen MR) is 533 cm³/mol. The highest BCUT2D eigenvalue weighted by Gasteiger charge is 2.38. The molecule has 8 saturated carbocycles. The highest BCUT2D eigenvalue weighted by molar-refractivity contribution is 5.82. The minimum Gasteiger partial charge on any atom is -0.483 e. The van der Waals surface area contributed by atoms with Gasteiger partial charge in [0.1, 0.15) is 46.0 Å². The summed E-state index contributed by atoms with van der Waals surface area (Å²) in [6.45, 7) is 21.3. The summed E-state index contributed by atoms with van der Waals surface area (Å²) in [6.07, 6.45) is 42.6. The summed E-state index contributed by atoms with van der Waals surface area (Å²) in [5.41, 5.74) is 4.39. The first-order valence-corrected chi connectivity index (χ1v) is 53.8. The Labute approximate surface area is 812 Å². The molecule has 0 heterocycles. The average molecular weight is 1880 g/mol. The number of rotatable bonds is 40. The molecule has 0 radical (unpaired) electrons. The Morgan fingerprint density at radius 3 is 0.397 bits per heavy atom. The first kappa shape index (κ1) is 104. The van der Waals surface area contributed by atoms with Crippen molar-refractivity contribution in [3.8, 4) is 46.0 Å². The number of carbonyl (C=O) groups excluding carboxylic acids is 8. The second-order valence-corrected chi connectivity index (χ2v) is 42.9. The Morgan fingerprint density at radius 1 is 0.191 bits per heavy atom. The van der Waals surface area contributed by atoms with Crippen molar-refractivity contribution in [3.63, 3.8) is 0 Å². The number of hydrogen-bond acceptors (Lipinski definition) is 16. The molecular weight excluding hydrogens is 1710 g/mol. The molecule has 8 amide bonds. The molecule has 0 saturated heterocycles. The topological polar surface area (TPSA) is 307 Å². The van der Waals surface area contributed by atoms with E-state index in [0.717, 1.165) is 257 Å². The van der Waals surface area contributed by atoms with E-state index in [0.29, 0.717) is 44.5 Å². The van der Waals surface area contributed by atoms with Crippen molar-refractivity contribution in [2.45, 2.75) is 412 Å².